The Balaban J connectivity index is 0.00000280. The number of anilines is 2. The van der Waals surface area contributed by atoms with Crippen LogP contribution in [0.3, 0.4) is 0 Å². The summed E-state index contributed by atoms with van der Waals surface area (Å²) in [6.45, 7) is 1.10. The predicted octanol–water partition coefficient (Wildman–Crippen LogP) is 3.18. The van der Waals surface area contributed by atoms with E-state index in [1.807, 2.05) is 24.3 Å². The molecule has 0 saturated carbocycles. The first-order chi connectivity index (χ1) is 13.0. The highest BCUT2D eigenvalue weighted by atomic mass is 35.5. The largest absolute Gasteiger partial charge is 0.399 e. The number of aryl methyl sites for hydroxylation is 1. The highest BCUT2D eigenvalue weighted by molar-refractivity contribution is 5.89. The topological polar surface area (TPSA) is 87.5 Å². The van der Waals surface area contributed by atoms with E-state index in [0.29, 0.717) is 43.7 Å². The van der Waals surface area contributed by atoms with Crippen LogP contribution in [0.5, 0.6) is 0 Å². The average Bonchev–Trinajstić information content (AvgIpc) is 3.11. The minimum atomic E-state index is -0.363. The van der Waals surface area contributed by atoms with Crippen molar-refractivity contribution in [2.24, 2.45) is 0 Å². The van der Waals surface area contributed by atoms with Crippen LogP contribution in [0.1, 0.15) is 18.4 Å². The molecule has 1 aliphatic heterocycles. The van der Waals surface area contributed by atoms with Crippen molar-refractivity contribution in [1.82, 2.24) is 10.2 Å². The molecule has 4 N–H and O–H groups in total. The Kier molecular flexibility index (Phi) is 7.63. The van der Waals surface area contributed by atoms with E-state index < -0.39 is 0 Å². The molecule has 2 aromatic rings. The number of nitrogens with zero attached hydrogens (tertiary/aromatic N) is 1. The van der Waals surface area contributed by atoms with Crippen LogP contribution in [0.4, 0.5) is 20.6 Å². The van der Waals surface area contributed by atoms with Crippen molar-refractivity contribution >= 4 is 35.7 Å². The van der Waals surface area contributed by atoms with Gasteiger partial charge in [0.2, 0.25) is 5.91 Å². The van der Waals surface area contributed by atoms with E-state index in [-0.39, 0.29) is 36.2 Å². The molecule has 0 radical (unpaired) electrons. The molecule has 28 heavy (non-hydrogen) atoms. The standard InChI is InChI=1S/C20H23FN4O2.ClH/c21-15-6-8-16(9-7-15)23-20(27)24-17-11-12-25(13-17)19(26)10-5-14-3-1-2-4-18(14)22;/h1-4,6-9,17H,5,10-13,22H2,(H2,23,24,27);1H. The van der Waals surface area contributed by atoms with Crippen molar-refractivity contribution in [3.63, 3.8) is 0 Å². The van der Waals surface area contributed by atoms with Gasteiger partial charge >= 0.3 is 6.03 Å². The summed E-state index contributed by atoms with van der Waals surface area (Å²) in [5.74, 6) is -0.301. The molecule has 0 aromatic heterocycles. The monoisotopic (exact) mass is 406 g/mol. The Morgan fingerprint density at radius 2 is 1.86 bits per heavy atom. The summed E-state index contributed by atoms with van der Waals surface area (Å²) in [4.78, 5) is 26.2. The molecule has 1 aliphatic rings. The molecule has 0 aliphatic carbocycles. The molecule has 3 rings (SSSR count). The van der Waals surface area contributed by atoms with Gasteiger partial charge in [-0.3, -0.25) is 4.79 Å². The second-order valence-corrected chi connectivity index (χ2v) is 6.63. The number of hydrogen-bond acceptors (Lipinski definition) is 3. The molecule has 0 spiro atoms. The molecule has 0 bridgehead atoms. The fourth-order valence-corrected chi connectivity index (χ4v) is 3.15. The summed E-state index contributed by atoms with van der Waals surface area (Å²) < 4.78 is 12.9. The fraction of sp³-hybridized carbons (Fsp3) is 0.300. The number of likely N-dealkylation sites (tertiary alicyclic amines) is 1. The van der Waals surface area contributed by atoms with Gasteiger partial charge in [-0.15, -0.1) is 12.4 Å². The van der Waals surface area contributed by atoms with Gasteiger partial charge in [-0.1, -0.05) is 18.2 Å². The molecular weight excluding hydrogens is 383 g/mol. The SMILES string of the molecule is Cl.Nc1ccccc1CCC(=O)N1CCC(NC(=O)Nc2ccc(F)cc2)C1. The number of amides is 3. The second kappa shape index (κ2) is 9.94. The minimum Gasteiger partial charge on any atom is -0.399 e. The quantitative estimate of drug-likeness (QED) is 0.666. The van der Waals surface area contributed by atoms with Crippen LogP contribution in [-0.2, 0) is 11.2 Å². The van der Waals surface area contributed by atoms with Crippen LogP contribution in [0, 0.1) is 5.82 Å². The van der Waals surface area contributed by atoms with Crippen molar-refractivity contribution in [2.45, 2.75) is 25.3 Å². The lowest BCUT2D eigenvalue weighted by atomic mass is 10.1. The van der Waals surface area contributed by atoms with Crippen LogP contribution in [0.25, 0.3) is 0 Å². The maximum absolute atomic E-state index is 12.9. The summed E-state index contributed by atoms with van der Waals surface area (Å²) in [7, 11) is 0. The first-order valence-electron chi connectivity index (χ1n) is 8.95. The molecule has 2 aromatic carbocycles. The number of nitrogens with one attached hydrogen (secondary N) is 2. The van der Waals surface area contributed by atoms with E-state index in [9.17, 15) is 14.0 Å². The second-order valence-electron chi connectivity index (χ2n) is 6.63. The third-order valence-electron chi connectivity index (χ3n) is 4.64. The van der Waals surface area contributed by atoms with Crippen molar-refractivity contribution in [3.05, 3.63) is 59.9 Å². The lowest BCUT2D eigenvalue weighted by Gasteiger charge is -2.17. The van der Waals surface area contributed by atoms with Crippen molar-refractivity contribution in [1.29, 1.82) is 0 Å². The number of carbonyl (C=O) groups excluding carboxylic acids is 2. The molecular formula is C20H24ClFN4O2. The third kappa shape index (κ3) is 5.85. The number of nitrogen functional groups attached to an aromatic ring is 1. The van der Waals surface area contributed by atoms with Gasteiger partial charge in [0.05, 0.1) is 0 Å². The molecule has 1 fully saturated rings. The number of rotatable bonds is 5. The van der Waals surface area contributed by atoms with Gasteiger partial charge in [0.15, 0.2) is 0 Å². The average molecular weight is 407 g/mol. The number of para-hydroxylation sites is 1. The van der Waals surface area contributed by atoms with Crippen molar-refractivity contribution < 1.29 is 14.0 Å². The van der Waals surface area contributed by atoms with Gasteiger partial charge < -0.3 is 21.3 Å². The van der Waals surface area contributed by atoms with Crippen LogP contribution in [0.2, 0.25) is 0 Å². The van der Waals surface area contributed by atoms with Gasteiger partial charge in [0.1, 0.15) is 5.82 Å². The van der Waals surface area contributed by atoms with Crippen LogP contribution < -0.4 is 16.4 Å². The van der Waals surface area contributed by atoms with Crippen molar-refractivity contribution in [2.75, 3.05) is 24.1 Å². The summed E-state index contributed by atoms with van der Waals surface area (Å²) in [6, 6.07) is 12.6. The van der Waals surface area contributed by atoms with E-state index in [1.165, 1.54) is 24.3 Å². The van der Waals surface area contributed by atoms with E-state index in [1.54, 1.807) is 4.90 Å². The van der Waals surface area contributed by atoms with Gasteiger partial charge in [-0.25, -0.2) is 9.18 Å². The van der Waals surface area contributed by atoms with E-state index in [4.69, 9.17) is 5.73 Å². The molecule has 1 heterocycles. The van der Waals surface area contributed by atoms with Crippen LogP contribution >= 0.6 is 12.4 Å². The fourth-order valence-electron chi connectivity index (χ4n) is 3.15. The van der Waals surface area contributed by atoms with E-state index >= 15 is 0 Å². The highest BCUT2D eigenvalue weighted by Crippen LogP contribution is 2.16. The Morgan fingerprint density at radius 3 is 2.57 bits per heavy atom. The Hall–Kier alpha value is -2.80. The zero-order valence-corrected chi connectivity index (χ0v) is 16.2. The molecule has 6 nitrogen and oxygen atoms in total. The normalized spacial score (nSPS) is 15.6. The zero-order valence-electron chi connectivity index (χ0n) is 15.4. The number of hydrogen-bond donors (Lipinski definition) is 3. The maximum atomic E-state index is 12.9. The van der Waals surface area contributed by atoms with Crippen LogP contribution in [-0.4, -0.2) is 36.0 Å². The number of halogens is 2. The first-order valence-corrected chi connectivity index (χ1v) is 8.95. The first kappa shape index (κ1) is 21.5. The Bertz CT molecular complexity index is 816. The van der Waals surface area contributed by atoms with Crippen LogP contribution in [0.15, 0.2) is 48.5 Å². The summed E-state index contributed by atoms with van der Waals surface area (Å²) >= 11 is 0. The number of benzene rings is 2. The summed E-state index contributed by atoms with van der Waals surface area (Å²) in [6.07, 6.45) is 1.70. The molecule has 1 saturated heterocycles. The molecule has 3 amide bonds. The van der Waals surface area contributed by atoms with E-state index in [2.05, 4.69) is 10.6 Å². The van der Waals surface area contributed by atoms with Gasteiger partial charge in [-0.2, -0.15) is 0 Å². The Labute approximate surface area is 169 Å². The smallest absolute Gasteiger partial charge is 0.319 e. The Morgan fingerprint density at radius 1 is 1.14 bits per heavy atom. The summed E-state index contributed by atoms with van der Waals surface area (Å²) in [5, 5.41) is 5.51. The molecule has 1 atom stereocenters. The minimum absolute atomic E-state index is 0. The van der Waals surface area contributed by atoms with E-state index in [0.717, 1.165) is 5.56 Å². The number of carbonyl (C=O) groups is 2. The summed E-state index contributed by atoms with van der Waals surface area (Å²) in [5.41, 5.74) is 8.09. The molecule has 1 unspecified atom stereocenters. The lowest BCUT2D eigenvalue weighted by molar-refractivity contribution is -0.130. The zero-order chi connectivity index (χ0) is 19.2. The van der Waals surface area contributed by atoms with Crippen molar-refractivity contribution in [3.8, 4) is 0 Å². The third-order valence-corrected chi connectivity index (χ3v) is 4.64. The molecule has 150 valence electrons. The van der Waals surface area contributed by atoms with Gasteiger partial charge in [0.25, 0.3) is 0 Å². The van der Waals surface area contributed by atoms with Gasteiger partial charge in [0, 0.05) is 36.9 Å². The number of urea groups is 1. The highest BCUT2D eigenvalue weighted by Gasteiger charge is 2.27. The number of nitrogens with two attached hydrogens (primary N) is 1. The lowest BCUT2D eigenvalue weighted by Crippen LogP contribution is -2.40. The molecule has 8 heteroatoms. The van der Waals surface area contributed by atoms with Gasteiger partial charge in [-0.05, 0) is 48.7 Å². The maximum Gasteiger partial charge on any atom is 0.319 e. The predicted molar refractivity (Wildman–Crippen MR) is 110 cm³/mol.